The standard InChI is InChI=1S/2C56H40N2O2/c1-33-11-5-15-39(31-33)57(49-21-9-19-43-41-17-7-13-35(3)53(41)59-55(43)49)47-29-25-37-24-28-46-48(30-26-38-23-27-45(47)51(37)52(38)46)58(40-16-6-12-34(2)32-40)50-22-10-20-44-42-18-8-14-36(4)54(42)60-56(44)50;1-33-13-5-7-21-45(33)57(49-23-11-19-41-39-17-9-15-35(3)53(39)59-55(41)49)47-31-27-37-26-30-44-48(32-28-38-25-29-43(47)51(37)52(38)44)58(46-22-8-6-14-34(46)2)50-24-12-20-42-40-18-10-16-36(4)54(40)60-56(42)50/h2*5-32H,1-4H3. The molecule has 0 saturated carbocycles. The van der Waals surface area contributed by atoms with Crippen LogP contribution < -0.4 is 19.6 Å². The van der Waals surface area contributed by atoms with Crippen molar-refractivity contribution < 1.29 is 17.7 Å². The third-order valence-electron chi connectivity index (χ3n) is 25.2. The fourth-order valence-corrected chi connectivity index (χ4v) is 19.6. The molecule has 0 bridgehead atoms. The van der Waals surface area contributed by atoms with Crippen LogP contribution in [0.3, 0.4) is 0 Å². The highest BCUT2D eigenvalue weighted by molar-refractivity contribution is 6.31. The van der Waals surface area contributed by atoms with Crippen LogP contribution in [-0.4, -0.2) is 0 Å². The van der Waals surface area contributed by atoms with Crippen molar-refractivity contribution in [1.82, 2.24) is 0 Å². The minimum absolute atomic E-state index is 0.875. The van der Waals surface area contributed by atoms with E-state index in [0.717, 1.165) is 178 Å². The van der Waals surface area contributed by atoms with Gasteiger partial charge in [-0.15, -0.1) is 0 Å². The summed E-state index contributed by atoms with van der Waals surface area (Å²) in [4.78, 5) is 9.60. The van der Waals surface area contributed by atoms with E-state index in [1.54, 1.807) is 0 Å². The summed E-state index contributed by atoms with van der Waals surface area (Å²) in [5.74, 6) is 0. The predicted octanol–water partition coefficient (Wildman–Crippen LogP) is 33.1. The molecule has 4 heterocycles. The van der Waals surface area contributed by atoms with Crippen LogP contribution in [0.25, 0.3) is 152 Å². The first-order valence-corrected chi connectivity index (χ1v) is 41.4. The van der Waals surface area contributed by atoms with E-state index in [9.17, 15) is 0 Å². The monoisotopic (exact) mass is 1540 g/mol. The van der Waals surface area contributed by atoms with Crippen molar-refractivity contribution >= 4 is 221 Å². The van der Waals surface area contributed by atoms with E-state index in [1.165, 1.54) is 86.9 Å². The molecule has 8 nitrogen and oxygen atoms in total. The molecule has 20 aromatic carbocycles. The van der Waals surface area contributed by atoms with Crippen molar-refractivity contribution in [3.05, 3.63) is 384 Å². The van der Waals surface area contributed by atoms with E-state index >= 15 is 0 Å². The highest BCUT2D eigenvalue weighted by Gasteiger charge is 2.31. The number of furan rings is 4. The first-order chi connectivity index (χ1) is 58.8. The molecule has 0 radical (unpaired) electrons. The lowest BCUT2D eigenvalue weighted by Crippen LogP contribution is -2.13. The summed E-state index contributed by atoms with van der Waals surface area (Å²) < 4.78 is 27.3. The lowest BCUT2D eigenvalue weighted by Gasteiger charge is -2.30. The summed E-state index contributed by atoms with van der Waals surface area (Å²) in [6.45, 7) is 17.2. The van der Waals surface area contributed by atoms with E-state index in [4.69, 9.17) is 17.7 Å². The molecule has 4 aromatic heterocycles. The molecule has 0 unspecified atom stereocenters. The lowest BCUT2D eigenvalue weighted by molar-refractivity contribution is 0.665. The van der Waals surface area contributed by atoms with Gasteiger partial charge in [-0.2, -0.15) is 0 Å². The third-order valence-corrected chi connectivity index (χ3v) is 25.2. The SMILES string of the molecule is Cc1cccc(N(c2ccc3ccc4c(N(c5cccc(C)c5)c5cccc6c5oc5c(C)cccc56)ccc5ccc2c3c54)c2cccc3c2oc2c(C)cccc23)c1.Cc1ccccc1N(c1ccc2ccc3c(N(c4ccccc4C)c4cccc5c4oc4c(C)cccc45)ccc4ccc1c2c43)c1cccc2c1oc1c(C)cccc12. The van der Waals surface area contributed by atoms with Crippen molar-refractivity contribution in [2.45, 2.75) is 55.4 Å². The zero-order valence-corrected chi connectivity index (χ0v) is 67.8. The molecule has 0 fully saturated rings. The number of fused-ring (bicyclic) bond motifs is 12. The normalized spacial score (nSPS) is 12.0. The average molecular weight is 1550 g/mol. The van der Waals surface area contributed by atoms with Crippen LogP contribution in [0.4, 0.5) is 68.2 Å². The Labute approximate surface area is 693 Å². The molecule has 0 amide bonds. The van der Waals surface area contributed by atoms with Crippen LogP contribution in [0, 0.1) is 55.4 Å². The van der Waals surface area contributed by atoms with Gasteiger partial charge in [0.05, 0.1) is 45.5 Å². The van der Waals surface area contributed by atoms with Crippen LogP contribution in [0.2, 0.25) is 0 Å². The zero-order chi connectivity index (χ0) is 80.4. The lowest BCUT2D eigenvalue weighted by atomic mass is 9.91. The second kappa shape index (κ2) is 27.2. The largest absolute Gasteiger partial charge is 0.454 e. The molecule has 120 heavy (non-hydrogen) atoms. The summed E-state index contributed by atoms with van der Waals surface area (Å²) >= 11 is 0. The average Bonchev–Trinajstić information content (AvgIpc) is 0.807. The molecular formula is C112H80N4O4. The molecule has 24 rings (SSSR count). The number of hydrogen-bond acceptors (Lipinski definition) is 8. The number of rotatable bonds is 12. The highest BCUT2D eigenvalue weighted by atomic mass is 16.3. The van der Waals surface area contributed by atoms with E-state index in [1.807, 2.05) is 0 Å². The van der Waals surface area contributed by atoms with Gasteiger partial charge in [-0.3, -0.25) is 0 Å². The van der Waals surface area contributed by atoms with Crippen LogP contribution >= 0.6 is 0 Å². The van der Waals surface area contributed by atoms with Gasteiger partial charge in [-0.1, -0.05) is 255 Å². The Kier molecular flexibility index (Phi) is 16.0. The van der Waals surface area contributed by atoms with Crippen LogP contribution in [-0.2, 0) is 0 Å². The second-order valence-electron chi connectivity index (χ2n) is 32.6. The summed E-state index contributed by atoms with van der Waals surface area (Å²) in [6.07, 6.45) is 0. The van der Waals surface area contributed by atoms with E-state index in [0.29, 0.717) is 0 Å². The molecule has 572 valence electrons. The Bertz CT molecular complexity index is 7850. The number of nitrogens with zero attached hydrogens (tertiary/aromatic N) is 4. The summed E-state index contributed by atoms with van der Waals surface area (Å²) in [5, 5.41) is 23.4. The van der Waals surface area contributed by atoms with Crippen molar-refractivity contribution in [2.75, 3.05) is 19.6 Å². The van der Waals surface area contributed by atoms with E-state index in [2.05, 4.69) is 415 Å². The highest BCUT2D eigenvalue weighted by Crippen LogP contribution is 2.55. The summed E-state index contributed by atoms with van der Waals surface area (Å²) in [5.41, 5.74) is 29.3. The number of benzene rings is 20. The second-order valence-corrected chi connectivity index (χ2v) is 32.6. The first-order valence-electron chi connectivity index (χ1n) is 41.4. The Balaban J connectivity index is 0.000000140. The molecule has 0 aliphatic heterocycles. The maximum absolute atomic E-state index is 6.84. The first kappa shape index (κ1) is 70.3. The topological polar surface area (TPSA) is 65.5 Å². The molecule has 0 saturated heterocycles. The number of para-hydroxylation sites is 10. The fourth-order valence-electron chi connectivity index (χ4n) is 19.6. The van der Waals surface area contributed by atoms with Crippen LogP contribution in [0.15, 0.2) is 357 Å². The third kappa shape index (κ3) is 10.8. The Morgan fingerprint density at radius 1 is 0.158 bits per heavy atom. The van der Waals surface area contributed by atoms with Gasteiger partial charge in [0.1, 0.15) is 22.3 Å². The maximum Gasteiger partial charge on any atom is 0.159 e. The molecule has 0 spiro atoms. The van der Waals surface area contributed by atoms with Gasteiger partial charge in [0.25, 0.3) is 0 Å². The minimum atomic E-state index is 0.875. The zero-order valence-electron chi connectivity index (χ0n) is 67.8. The van der Waals surface area contributed by atoms with Gasteiger partial charge < -0.3 is 37.3 Å². The smallest absolute Gasteiger partial charge is 0.159 e. The van der Waals surface area contributed by atoms with E-state index in [-0.39, 0.29) is 0 Å². The molecule has 24 aromatic rings. The Morgan fingerprint density at radius 2 is 0.383 bits per heavy atom. The minimum Gasteiger partial charge on any atom is -0.454 e. The quantitative estimate of drug-likeness (QED) is 0.112. The number of anilines is 12. The van der Waals surface area contributed by atoms with Gasteiger partial charge in [0.2, 0.25) is 0 Å². The van der Waals surface area contributed by atoms with Crippen molar-refractivity contribution in [3.63, 3.8) is 0 Å². The van der Waals surface area contributed by atoms with Crippen LogP contribution in [0.1, 0.15) is 44.5 Å². The molecule has 0 atom stereocenters. The maximum atomic E-state index is 6.84. The summed E-state index contributed by atoms with van der Waals surface area (Å²) in [7, 11) is 0. The van der Waals surface area contributed by atoms with E-state index < -0.39 is 0 Å². The molecular weight excluding hydrogens is 1470 g/mol. The van der Waals surface area contributed by atoms with Gasteiger partial charge in [-0.05, 0) is 228 Å². The molecule has 8 heteroatoms. The van der Waals surface area contributed by atoms with Crippen molar-refractivity contribution in [2.24, 2.45) is 0 Å². The predicted molar refractivity (Wildman–Crippen MR) is 506 cm³/mol. The van der Waals surface area contributed by atoms with Gasteiger partial charge in [0.15, 0.2) is 22.3 Å². The van der Waals surface area contributed by atoms with Gasteiger partial charge >= 0.3 is 0 Å². The fraction of sp³-hybridized carbons (Fsp3) is 0.0714. The Morgan fingerprint density at radius 3 is 0.667 bits per heavy atom. The number of aryl methyl sites for hydroxylation is 8. The van der Waals surface area contributed by atoms with Crippen LogP contribution in [0.5, 0.6) is 0 Å². The van der Waals surface area contributed by atoms with Crippen molar-refractivity contribution in [1.29, 1.82) is 0 Å². The Hall–Kier alpha value is -15.1. The molecule has 0 N–H and O–H groups in total. The number of hydrogen-bond donors (Lipinski definition) is 0. The van der Waals surface area contributed by atoms with Crippen molar-refractivity contribution in [3.8, 4) is 0 Å². The molecule has 0 aliphatic rings. The summed E-state index contributed by atoms with van der Waals surface area (Å²) in [6, 6.07) is 123. The molecule has 0 aliphatic carbocycles. The van der Waals surface area contributed by atoms with Gasteiger partial charge in [-0.25, -0.2) is 0 Å². The van der Waals surface area contributed by atoms with Gasteiger partial charge in [0, 0.05) is 87.4 Å².